The number of benzene rings is 2. The van der Waals surface area contributed by atoms with E-state index in [0.717, 1.165) is 12.1 Å². The van der Waals surface area contributed by atoms with Crippen molar-refractivity contribution in [3.8, 4) is 0 Å². The van der Waals surface area contributed by atoms with Gasteiger partial charge in [-0.1, -0.05) is 74.4 Å². The molecule has 0 N–H and O–H groups in total. The third kappa shape index (κ3) is 5.33. The first-order valence-electron chi connectivity index (χ1n) is 8.15. The average Bonchev–Trinajstić information content (AvgIpc) is 2.55. The number of nitrogens with zero attached hydrogens (tertiary/aromatic N) is 1. The lowest BCUT2D eigenvalue weighted by Gasteiger charge is -2.04. The van der Waals surface area contributed by atoms with Gasteiger partial charge in [0, 0.05) is 6.21 Å². The summed E-state index contributed by atoms with van der Waals surface area (Å²) in [6, 6.07) is 18.7. The van der Waals surface area contributed by atoms with E-state index < -0.39 is 0 Å². The van der Waals surface area contributed by atoms with Crippen molar-refractivity contribution in [3.05, 3.63) is 71.3 Å². The largest absolute Gasteiger partial charge is 0.256 e. The summed E-state index contributed by atoms with van der Waals surface area (Å²) in [4.78, 5) is 4.69. The van der Waals surface area contributed by atoms with E-state index in [0.29, 0.717) is 0 Å². The highest BCUT2D eigenvalue weighted by Gasteiger charge is 1.98. The Hall–Kier alpha value is -2.15. The van der Waals surface area contributed by atoms with Crippen LogP contribution in [-0.4, -0.2) is 6.21 Å². The molecule has 1 nitrogen and oxygen atoms in total. The van der Waals surface area contributed by atoms with Crippen molar-refractivity contribution in [1.29, 1.82) is 0 Å². The highest BCUT2D eigenvalue weighted by atomic mass is 14.7. The van der Waals surface area contributed by atoms with Crippen LogP contribution < -0.4 is 0 Å². The minimum absolute atomic E-state index is 1.05. The molecule has 2 aromatic carbocycles. The molecule has 0 heterocycles. The molecular formula is C21H25N. The molecule has 0 aromatic heterocycles. The van der Waals surface area contributed by atoms with Gasteiger partial charge in [0.1, 0.15) is 0 Å². The van der Waals surface area contributed by atoms with E-state index in [-0.39, 0.29) is 0 Å². The Bertz CT molecular complexity index is 623. The molecule has 0 radical (unpaired) electrons. The molecule has 0 saturated heterocycles. The summed E-state index contributed by atoms with van der Waals surface area (Å²) >= 11 is 0. The predicted octanol–water partition coefficient (Wildman–Crippen LogP) is 6.36. The van der Waals surface area contributed by atoms with E-state index >= 15 is 0 Å². The molecule has 22 heavy (non-hydrogen) atoms. The van der Waals surface area contributed by atoms with Gasteiger partial charge < -0.3 is 0 Å². The molecule has 0 bridgehead atoms. The van der Waals surface area contributed by atoms with Crippen LogP contribution in [0.15, 0.2) is 65.2 Å². The zero-order valence-corrected chi connectivity index (χ0v) is 13.6. The predicted molar refractivity (Wildman–Crippen MR) is 97.9 cm³/mol. The van der Waals surface area contributed by atoms with Crippen LogP contribution in [0.3, 0.4) is 0 Å². The normalized spacial score (nSPS) is 12.0. The summed E-state index contributed by atoms with van der Waals surface area (Å²) in [5, 5.41) is 0. The highest BCUT2D eigenvalue weighted by Crippen LogP contribution is 2.19. The molecule has 2 aromatic rings. The van der Waals surface area contributed by atoms with E-state index in [1.54, 1.807) is 0 Å². The van der Waals surface area contributed by atoms with Crippen molar-refractivity contribution in [2.75, 3.05) is 0 Å². The van der Waals surface area contributed by atoms with Crippen LogP contribution in [0.25, 0.3) is 6.08 Å². The first-order valence-corrected chi connectivity index (χ1v) is 8.15. The lowest BCUT2D eigenvalue weighted by molar-refractivity contribution is 0.724. The molecule has 2 rings (SSSR count). The van der Waals surface area contributed by atoms with Crippen LogP contribution in [0.5, 0.6) is 0 Å². The Balaban J connectivity index is 2.17. The molecule has 0 atom stereocenters. The maximum atomic E-state index is 4.69. The van der Waals surface area contributed by atoms with E-state index in [2.05, 4.69) is 73.4 Å². The Morgan fingerprint density at radius 3 is 2.41 bits per heavy atom. The number of para-hydroxylation sites is 1. The minimum Gasteiger partial charge on any atom is -0.256 e. The second-order valence-electron chi connectivity index (χ2n) is 5.63. The molecule has 0 fully saturated rings. The Labute approximate surface area is 134 Å². The summed E-state index contributed by atoms with van der Waals surface area (Å²) in [7, 11) is 0. The van der Waals surface area contributed by atoms with Crippen molar-refractivity contribution < 1.29 is 0 Å². The number of aliphatic imine (C=N–C) groups is 1. The smallest absolute Gasteiger partial charge is 0.0658 e. The van der Waals surface area contributed by atoms with Gasteiger partial charge in [-0.15, -0.1) is 0 Å². The van der Waals surface area contributed by atoms with Crippen molar-refractivity contribution >= 4 is 18.0 Å². The second kappa shape index (κ2) is 8.99. The van der Waals surface area contributed by atoms with Crippen molar-refractivity contribution in [2.45, 2.75) is 39.5 Å². The van der Waals surface area contributed by atoms with Crippen molar-refractivity contribution in [1.82, 2.24) is 0 Å². The minimum atomic E-state index is 1.05. The first-order chi connectivity index (χ1) is 10.8. The molecule has 1 heteroatoms. The number of allylic oxidation sites excluding steroid dienone is 1. The van der Waals surface area contributed by atoms with Gasteiger partial charge in [0.05, 0.1) is 5.69 Å². The topological polar surface area (TPSA) is 12.4 Å². The second-order valence-corrected chi connectivity index (χ2v) is 5.63. The molecule has 0 aliphatic carbocycles. The Morgan fingerprint density at radius 1 is 0.955 bits per heavy atom. The molecule has 0 amide bonds. The molecule has 0 saturated carbocycles. The monoisotopic (exact) mass is 291 g/mol. The van der Waals surface area contributed by atoms with Gasteiger partial charge in [0.2, 0.25) is 0 Å². The summed E-state index contributed by atoms with van der Waals surface area (Å²) in [5.41, 5.74) is 4.80. The summed E-state index contributed by atoms with van der Waals surface area (Å²) < 4.78 is 0. The van der Waals surface area contributed by atoms with Crippen LogP contribution >= 0.6 is 0 Å². The number of hydrogen-bond acceptors (Lipinski definition) is 1. The maximum Gasteiger partial charge on any atom is 0.0658 e. The van der Waals surface area contributed by atoms with Gasteiger partial charge in [-0.25, -0.2) is 0 Å². The van der Waals surface area contributed by atoms with Crippen LogP contribution in [0.2, 0.25) is 0 Å². The lowest BCUT2D eigenvalue weighted by atomic mass is 10.0. The Morgan fingerprint density at radius 2 is 1.68 bits per heavy atom. The molecule has 0 unspecified atom stereocenters. The third-order valence-electron chi connectivity index (χ3n) is 3.71. The fourth-order valence-electron chi connectivity index (χ4n) is 2.38. The van der Waals surface area contributed by atoms with Crippen LogP contribution in [0, 0.1) is 6.92 Å². The lowest BCUT2D eigenvalue weighted by Crippen LogP contribution is -1.87. The van der Waals surface area contributed by atoms with Gasteiger partial charge in [-0.2, -0.15) is 0 Å². The van der Waals surface area contributed by atoms with Crippen LogP contribution in [0.1, 0.15) is 43.7 Å². The number of unbranched alkanes of at least 4 members (excludes halogenated alkanes) is 2. The maximum absolute atomic E-state index is 4.69. The van der Waals surface area contributed by atoms with E-state index in [1.165, 1.54) is 36.0 Å². The third-order valence-corrected chi connectivity index (χ3v) is 3.71. The number of aryl methyl sites for hydroxylation is 1. The fourth-order valence-corrected chi connectivity index (χ4v) is 2.38. The highest BCUT2D eigenvalue weighted by molar-refractivity contribution is 5.87. The zero-order valence-electron chi connectivity index (χ0n) is 13.6. The van der Waals surface area contributed by atoms with Gasteiger partial charge in [0.15, 0.2) is 0 Å². The Kier molecular flexibility index (Phi) is 6.63. The van der Waals surface area contributed by atoms with Crippen molar-refractivity contribution in [2.24, 2.45) is 4.99 Å². The quantitative estimate of drug-likeness (QED) is 0.415. The molecule has 0 aliphatic rings. The van der Waals surface area contributed by atoms with Crippen LogP contribution in [0.4, 0.5) is 5.69 Å². The summed E-state index contributed by atoms with van der Waals surface area (Å²) in [6.07, 6.45) is 9.09. The van der Waals surface area contributed by atoms with Crippen molar-refractivity contribution in [3.63, 3.8) is 0 Å². The molecule has 114 valence electrons. The molecule has 0 spiro atoms. The first kappa shape index (κ1) is 16.2. The molecule has 0 aliphatic heterocycles. The zero-order chi connectivity index (χ0) is 15.6. The van der Waals surface area contributed by atoms with E-state index in [4.69, 9.17) is 0 Å². The number of rotatable bonds is 7. The average molecular weight is 291 g/mol. The van der Waals surface area contributed by atoms with Gasteiger partial charge >= 0.3 is 0 Å². The fraction of sp³-hybridized carbons (Fsp3) is 0.286. The summed E-state index contributed by atoms with van der Waals surface area (Å²) in [6.45, 7) is 4.34. The summed E-state index contributed by atoms with van der Waals surface area (Å²) in [5.74, 6) is 0. The SMILES string of the molecule is CCCCCC(C=Nc1ccccc1C)=Cc1ccccc1. The number of hydrogen-bond donors (Lipinski definition) is 0. The van der Waals surface area contributed by atoms with Gasteiger partial charge in [-0.05, 0) is 42.5 Å². The molecular weight excluding hydrogens is 266 g/mol. The van der Waals surface area contributed by atoms with E-state index in [1.807, 2.05) is 12.3 Å². The van der Waals surface area contributed by atoms with E-state index in [9.17, 15) is 0 Å². The van der Waals surface area contributed by atoms with Gasteiger partial charge in [-0.3, -0.25) is 4.99 Å². The van der Waals surface area contributed by atoms with Gasteiger partial charge in [0.25, 0.3) is 0 Å². The van der Waals surface area contributed by atoms with Crippen LogP contribution in [-0.2, 0) is 0 Å². The standard InChI is InChI=1S/C21H25N/c1-3-4-6-14-20(16-19-12-7-5-8-13-19)17-22-21-15-10-9-11-18(21)2/h5,7-13,15-17H,3-4,6,14H2,1-2H3.